The summed E-state index contributed by atoms with van der Waals surface area (Å²) in [7, 11) is 0. The van der Waals surface area contributed by atoms with E-state index in [1.807, 2.05) is 49.1 Å². The fourth-order valence-electron chi connectivity index (χ4n) is 2.83. The zero-order valence-electron chi connectivity index (χ0n) is 13.5. The van der Waals surface area contributed by atoms with Crippen LogP contribution >= 0.6 is 0 Å². The second-order valence-corrected chi connectivity index (χ2v) is 6.44. The van der Waals surface area contributed by atoms with Gasteiger partial charge in [-0.3, -0.25) is 9.59 Å². The van der Waals surface area contributed by atoms with Gasteiger partial charge in [-0.15, -0.1) is 0 Å². The first-order valence-electron chi connectivity index (χ1n) is 8.18. The van der Waals surface area contributed by atoms with Gasteiger partial charge in [0.05, 0.1) is 0 Å². The van der Waals surface area contributed by atoms with Crippen LogP contribution in [0.15, 0.2) is 30.3 Å². The lowest BCUT2D eigenvalue weighted by Crippen LogP contribution is -2.49. The highest BCUT2D eigenvalue weighted by Gasteiger charge is 2.27. The number of rotatable bonds is 6. The molecule has 0 bridgehead atoms. The quantitative estimate of drug-likeness (QED) is 0.877. The van der Waals surface area contributed by atoms with Crippen molar-refractivity contribution >= 4 is 11.8 Å². The van der Waals surface area contributed by atoms with Crippen LogP contribution in [0.5, 0.6) is 0 Å². The van der Waals surface area contributed by atoms with Crippen molar-refractivity contribution < 1.29 is 9.59 Å². The highest BCUT2D eigenvalue weighted by atomic mass is 16.2. The van der Waals surface area contributed by atoms with Gasteiger partial charge in [0.1, 0.15) is 6.04 Å². The van der Waals surface area contributed by atoms with Crippen LogP contribution < -0.4 is 5.32 Å². The molecule has 22 heavy (non-hydrogen) atoms. The van der Waals surface area contributed by atoms with Crippen molar-refractivity contribution in [3.8, 4) is 0 Å². The van der Waals surface area contributed by atoms with Gasteiger partial charge in [0.25, 0.3) is 0 Å². The number of hydrogen-bond acceptors (Lipinski definition) is 2. The Hall–Kier alpha value is -1.84. The third-order valence-electron chi connectivity index (χ3n) is 3.93. The Morgan fingerprint density at radius 3 is 2.36 bits per heavy atom. The number of benzene rings is 1. The van der Waals surface area contributed by atoms with Gasteiger partial charge < -0.3 is 10.2 Å². The van der Waals surface area contributed by atoms with Gasteiger partial charge in [0.2, 0.25) is 11.8 Å². The lowest BCUT2D eigenvalue weighted by molar-refractivity contribution is -0.135. The summed E-state index contributed by atoms with van der Waals surface area (Å²) in [5.41, 5.74) is 1.07. The van der Waals surface area contributed by atoms with E-state index < -0.39 is 6.04 Å². The van der Waals surface area contributed by atoms with Gasteiger partial charge in [-0.2, -0.15) is 0 Å². The third-order valence-corrected chi connectivity index (χ3v) is 3.93. The van der Waals surface area contributed by atoms with E-state index in [-0.39, 0.29) is 11.8 Å². The average Bonchev–Trinajstić information content (AvgIpc) is 3.00. The Bertz CT molecular complexity index is 493. The fourth-order valence-corrected chi connectivity index (χ4v) is 2.83. The van der Waals surface area contributed by atoms with Gasteiger partial charge >= 0.3 is 0 Å². The molecule has 1 heterocycles. The average molecular weight is 302 g/mol. The predicted molar refractivity (Wildman–Crippen MR) is 87.3 cm³/mol. The second-order valence-electron chi connectivity index (χ2n) is 6.44. The molecular weight excluding hydrogens is 276 g/mol. The summed E-state index contributed by atoms with van der Waals surface area (Å²) < 4.78 is 0. The van der Waals surface area contributed by atoms with E-state index in [9.17, 15) is 9.59 Å². The summed E-state index contributed by atoms with van der Waals surface area (Å²) in [5.74, 6) is 0.307. The third kappa shape index (κ3) is 4.86. The summed E-state index contributed by atoms with van der Waals surface area (Å²) in [5, 5.41) is 2.94. The van der Waals surface area contributed by atoms with Crippen LogP contribution in [-0.2, 0) is 16.0 Å². The summed E-state index contributed by atoms with van der Waals surface area (Å²) in [6.07, 6.45) is 3.13. The monoisotopic (exact) mass is 302 g/mol. The summed E-state index contributed by atoms with van der Waals surface area (Å²) >= 11 is 0. The largest absolute Gasteiger partial charge is 0.344 e. The lowest BCUT2D eigenvalue weighted by atomic mass is 10.0. The molecule has 1 atom stereocenters. The smallest absolute Gasteiger partial charge is 0.245 e. The Labute approximate surface area is 132 Å². The maximum atomic E-state index is 12.7. The molecule has 120 valence electrons. The first kappa shape index (κ1) is 16.5. The molecule has 1 fully saturated rings. The highest BCUT2D eigenvalue weighted by Crippen LogP contribution is 2.12. The minimum Gasteiger partial charge on any atom is -0.344 e. The van der Waals surface area contributed by atoms with Crippen molar-refractivity contribution in [2.45, 2.75) is 45.6 Å². The van der Waals surface area contributed by atoms with Crippen LogP contribution in [-0.4, -0.2) is 35.8 Å². The van der Waals surface area contributed by atoms with Gasteiger partial charge in [0, 0.05) is 25.9 Å². The number of amides is 2. The van der Waals surface area contributed by atoms with Gasteiger partial charge in [-0.25, -0.2) is 0 Å². The molecule has 2 rings (SSSR count). The van der Waals surface area contributed by atoms with Crippen molar-refractivity contribution in [3.05, 3.63) is 35.9 Å². The first-order chi connectivity index (χ1) is 10.6. The molecule has 1 N–H and O–H groups in total. The molecule has 1 aliphatic heterocycles. The highest BCUT2D eigenvalue weighted by molar-refractivity contribution is 5.88. The number of likely N-dealkylation sites (tertiary alicyclic amines) is 1. The zero-order valence-corrected chi connectivity index (χ0v) is 13.5. The van der Waals surface area contributed by atoms with E-state index in [0.29, 0.717) is 18.8 Å². The molecule has 0 spiro atoms. The van der Waals surface area contributed by atoms with Crippen LogP contribution in [0.3, 0.4) is 0 Å². The van der Waals surface area contributed by atoms with Crippen molar-refractivity contribution in [1.82, 2.24) is 10.2 Å². The Balaban J connectivity index is 2.05. The summed E-state index contributed by atoms with van der Waals surface area (Å²) in [6.45, 7) is 5.64. The molecule has 4 nitrogen and oxygen atoms in total. The molecule has 0 aromatic heterocycles. The van der Waals surface area contributed by atoms with Crippen molar-refractivity contribution in [2.75, 3.05) is 13.1 Å². The summed E-state index contributed by atoms with van der Waals surface area (Å²) in [4.78, 5) is 26.7. The van der Waals surface area contributed by atoms with Gasteiger partial charge in [-0.05, 0) is 24.3 Å². The molecule has 0 aliphatic carbocycles. The number of carbonyl (C=O) groups is 2. The topological polar surface area (TPSA) is 49.4 Å². The number of hydrogen-bond donors (Lipinski definition) is 1. The lowest BCUT2D eigenvalue weighted by Gasteiger charge is -2.24. The van der Waals surface area contributed by atoms with Crippen molar-refractivity contribution in [3.63, 3.8) is 0 Å². The predicted octanol–water partition coefficient (Wildman–Crippen LogP) is 2.38. The van der Waals surface area contributed by atoms with Gasteiger partial charge in [0.15, 0.2) is 0 Å². The van der Waals surface area contributed by atoms with Gasteiger partial charge in [-0.1, -0.05) is 44.2 Å². The molecule has 4 heteroatoms. The molecule has 1 aliphatic rings. The second kappa shape index (κ2) is 7.97. The normalized spacial score (nSPS) is 15.9. The van der Waals surface area contributed by atoms with Crippen molar-refractivity contribution in [1.29, 1.82) is 0 Å². The van der Waals surface area contributed by atoms with E-state index in [4.69, 9.17) is 0 Å². The van der Waals surface area contributed by atoms with E-state index in [1.54, 1.807) is 0 Å². The molecule has 2 amide bonds. The minimum atomic E-state index is -0.452. The number of nitrogens with one attached hydrogen (secondary N) is 1. The molecule has 0 saturated carbocycles. The number of carbonyl (C=O) groups excluding carboxylic acids is 2. The maximum absolute atomic E-state index is 12.7. The van der Waals surface area contributed by atoms with Crippen LogP contribution in [0.25, 0.3) is 0 Å². The van der Waals surface area contributed by atoms with Crippen molar-refractivity contribution in [2.24, 2.45) is 5.92 Å². The first-order valence-corrected chi connectivity index (χ1v) is 8.18. The Morgan fingerprint density at radius 2 is 1.77 bits per heavy atom. The molecule has 0 unspecified atom stereocenters. The van der Waals surface area contributed by atoms with Crippen LogP contribution in [0.2, 0.25) is 0 Å². The Morgan fingerprint density at radius 1 is 1.14 bits per heavy atom. The molecule has 1 aromatic rings. The molecule has 0 radical (unpaired) electrons. The van der Waals surface area contributed by atoms with E-state index in [2.05, 4.69) is 5.32 Å². The van der Waals surface area contributed by atoms with E-state index >= 15 is 0 Å². The van der Waals surface area contributed by atoms with Crippen LogP contribution in [0.1, 0.15) is 38.7 Å². The standard InChI is InChI=1S/C18H26N2O2/c1-14(2)12-17(21)19-16(13-15-8-4-3-5-9-15)18(22)20-10-6-7-11-20/h3-5,8-9,14,16H,6-7,10-13H2,1-2H3,(H,19,21)/t16-/m1/s1. The molecule has 1 saturated heterocycles. The Kier molecular flexibility index (Phi) is 5.99. The molecule has 1 aromatic carbocycles. The maximum Gasteiger partial charge on any atom is 0.245 e. The SMILES string of the molecule is CC(C)CC(=O)N[C@H](Cc1ccccc1)C(=O)N1CCCC1. The van der Waals surface area contributed by atoms with E-state index in [1.165, 1.54) is 0 Å². The fraction of sp³-hybridized carbons (Fsp3) is 0.556. The summed E-state index contributed by atoms with van der Waals surface area (Å²) in [6, 6.07) is 9.42. The molecular formula is C18H26N2O2. The number of nitrogens with zero attached hydrogens (tertiary/aromatic N) is 1. The zero-order chi connectivity index (χ0) is 15.9. The van der Waals surface area contributed by atoms with E-state index in [0.717, 1.165) is 31.5 Å². The van der Waals surface area contributed by atoms with Crippen LogP contribution in [0, 0.1) is 5.92 Å². The minimum absolute atomic E-state index is 0.0384. The van der Waals surface area contributed by atoms with Crippen LogP contribution in [0.4, 0.5) is 0 Å².